The van der Waals surface area contributed by atoms with E-state index in [9.17, 15) is 9.59 Å². The first-order valence-electron chi connectivity index (χ1n) is 6.76. The van der Waals surface area contributed by atoms with Gasteiger partial charge in [-0.3, -0.25) is 9.59 Å². The molecule has 1 N–H and O–H groups in total. The third-order valence-corrected chi connectivity index (χ3v) is 4.71. The quantitative estimate of drug-likeness (QED) is 0.589. The van der Waals surface area contributed by atoms with Crippen molar-refractivity contribution in [2.45, 2.75) is 44.9 Å². The van der Waals surface area contributed by atoms with Crippen LogP contribution in [0.25, 0.3) is 0 Å². The minimum atomic E-state index is -0.748. The molecule has 2 rings (SSSR count). The lowest BCUT2D eigenvalue weighted by Crippen LogP contribution is -2.21. The number of carboxylic acids is 1. The molecule has 1 aliphatic rings. The van der Waals surface area contributed by atoms with E-state index < -0.39 is 5.97 Å². The number of fused-ring (bicyclic) bond motifs is 1. The lowest BCUT2D eigenvalue weighted by atomic mass is 10.2. The Bertz CT molecular complexity index is 434. The number of rotatable bonds is 8. The van der Waals surface area contributed by atoms with E-state index in [0.717, 1.165) is 37.1 Å². The van der Waals surface area contributed by atoms with Gasteiger partial charge in [0, 0.05) is 17.8 Å². The van der Waals surface area contributed by atoms with E-state index in [-0.39, 0.29) is 6.42 Å². The Morgan fingerprint density at radius 3 is 2.89 bits per heavy atom. The van der Waals surface area contributed by atoms with E-state index >= 15 is 0 Å². The molecule has 19 heavy (non-hydrogen) atoms. The molecular formula is C14H19NO3S. The zero-order valence-electron chi connectivity index (χ0n) is 10.9. The highest BCUT2D eigenvalue weighted by molar-refractivity contribution is 7.16. The summed E-state index contributed by atoms with van der Waals surface area (Å²) in [5, 5.41) is 9.59. The first-order valence-corrected chi connectivity index (χ1v) is 7.57. The number of aryl methyl sites for hydroxylation is 2. The number of nitrogens with zero attached hydrogens (tertiary/aromatic N) is 1. The van der Waals surface area contributed by atoms with Gasteiger partial charge in [-0.2, -0.15) is 0 Å². The minimum absolute atomic E-state index is 0.217. The monoisotopic (exact) mass is 281 g/mol. The van der Waals surface area contributed by atoms with Crippen molar-refractivity contribution < 1.29 is 14.7 Å². The molecule has 0 bridgehead atoms. The van der Waals surface area contributed by atoms with E-state index in [1.165, 1.54) is 16.9 Å². The summed E-state index contributed by atoms with van der Waals surface area (Å²) in [6, 6.07) is 2.14. The van der Waals surface area contributed by atoms with Gasteiger partial charge in [0.05, 0.1) is 5.00 Å². The Kier molecular flexibility index (Phi) is 4.96. The molecule has 0 atom stereocenters. The summed E-state index contributed by atoms with van der Waals surface area (Å²) >= 11 is 1.72. The Balaban J connectivity index is 1.79. The summed E-state index contributed by atoms with van der Waals surface area (Å²) in [6.45, 7) is 0.683. The predicted molar refractivity (Wildman–Crippen MR) is 75.9 cm³/mol. The molecule has 5 heteroatoms. The number of carbonyl (C=O) groups excluding carboxylic acids is 1. The summed E-state index contributed by atoms with van der Waals surface area (Å²) in [6.07, 6.45) is 7.01. The van der Waals surface area contributed by atoms with Crippen LogP contribution in [0.1, 0.15) is 42.5 Å². The van der Waals surface area contributed by atoms with Gasteiger partial charge in [-0.1, -0.05) is 6.42 Å². The van der Waals surface area contributed by atoms with Crippen LogP contribution in [0.3, 0.4) is 0 Å². The fourth-order valence-electron chi connectivity index (χ4n) is 2.40. The van der Waals surface area contributed by atoms with Crippen LogP contribution in [0.15, 0.2) is 6.07 Å². The van der Waals surface area contributed by atoms with Crippen molar-refractivity contribution in [2.75, 3.05) is 11.4 Å². The Labute approximate surface area is 117 Å². The molecule has 1 aromatic rings. The van der Waals surface area contributed by atoms with Gasteiger partial charge in [-0.15, -0.1) is 11.3 Å². The average molecular weight is 281 g/mol. The smallest absolute Gasteiger partial charge is 0.303 e. The first kappa shape index (κ1) is 14.1. The maximum atomic E-state index is 11.1. The summed E-state index contributed by atoms with van der Waals surface area (Å²) < 4.78 is 0. The van der Waals surface area contributed by atoms with Crippen molar-refractivity contribution in [3.05, 3.63) is 16.5 Å². The van der Waals surface area contributed by atoms with E-state index in [0.29, 0.717) is 13.0 Å². The van der Waals surface area contributed by atoms with E-state index in [1.54, 1.807) is 16.2 Å². The molecular weight excluding hydrogens is 262 g/mol. The van der Waals surface area contributed by atoms with Gasteiger partial charge in [0.15, 0.2) is 0 Å². The van der Waals surface area contributed by atoms with Gasteiger partial charge < -0.3 is 10.0 Å². The summed E-state index contributed by atoms with van der Waals surface area (Å²) in [5.41, 5.74) is 1.40. The van der Waals surface area contributed by atoms with Crippen LogP contribution in [0, 0.1) is 0 Å². The van der Waals surface area contributed by atoms with Gasteiger partial charge in [-0.05, 0) is 43.7 Å². The molecule has 0 unspecified atom stereocenters. The lowest BCUT2D eigenvalue weighted by molar-refractivity contribution is -0.137. The number of thiophene rings is 1. The molecule has 1 heterocycles. The number of aliphatic carboxylic acids is 1. The van der Waals surface area contributed by atoms with Gasteiger partial charge in [0.1, 0.15) is 0 Å². The van der Waals surface area contributed by atoms with Crippen molar-refractivity contribution in [1.82, 2.24) is 0 Å². The van der Waals surface area contributed by atoms with Gasteiger partial charge in [0.25, 0.3) is 0 Å². The molecule has 0 saturated heterocycles. The highest BCUT2D eigenvalue weighted by Gasteiger charge is 2.17. The Morgan fingerprint density at radius 1 is 1.37 bits per heavy atom. The molecule has 4 nitrogen and oxygen atoms in total. The second kappa shape index (κ2) is 6.70. The fraction of sp³-hybridized carbons (Fsp3) is 0.571. The third kappa shape index (κ3) is 3.80. The largest absolute Gasteiger partial charge is 0.481 e. The topological polar surface area (TPSA) is 57.6 Å². The van der Waals surface area contributed by atoms with Crippen LogP contribution in [0.4, 0.5) is 5.00 Å². The van der Waals surface area contributed by atoms with Gasteiger partial charge in [-0.25, -0.2) is 0 Å². The summed E-state index contributed by atoms with van der Waals surface area (Å²) in [4.78, 5) is 24.7. The molecule has 0 aliphatic heterocycles. The van der Waals surface area contributed by atoms with Crippen LogP contribution in [0.5, 0.6) is 0 Å². The average Bonchev–Trinajstić information content (AvgIpc) is 2.94. The number of hydrogen-bond donors (Lipinski definition) is 1. The third-order valence-electron chi connectivity index (χ3n) is 3.43. The van der Waals surface area contributed by atoms with E-state index in [1.807, 2.05) is 0 Å². The van der Waals surface area contributed by atoms with Crippen molar-refractivity contribution in [2.24, 2.45) is 0 Å². The fourth-order valence-corrected chi connectivity index (χ4v) is 3.65. The highest BCUT2D eigenvalue weighted by Crippen LogP contribution is 2.35. The minimum Gasteiger partial charge on any atom is -0.481 e. The number of carbonyl (C=O) groups is 2. The molecule has 0 aromatic carbocycles. The van der Waals surface area contributed by atoms with Crippen LogP contribution in [-0.4, -0.2) is 24.0 Å². The van der Waals surface area contributed by atoms with Gasteiger partial charge >= 0.3 is 5.97 Å². The maximum absolute atomic E-state index is 11.1. The number of carboxylic acid groups (broad SMARTS) is 1. The standard InChI is InChI=1S/C14H19NO3S/c16-10-15(8-3-1-2-7-14(17)18)13-9-11-5-4-6-12(11)19-13/h9-10H,1-8H2,(H,17,18). The maximum Gasteiger partial charge on any atom is 0.303 e. The van der Waals surface area contributed by atoms with Crippen LogP contribution in [-0.2, 0) is 22.4 Å². The molecule has 0 fully saturated rings. The van der Waals surface area contributed by atoms with E-state index in [2.05, 4.69) is 6.07 Å². The van der Waals surface area contributed by atoms with Crippen molar-refractivity contribution in [3.63, 3.8) is 0 Å². The number of amides is 1. The zero-order chi connectivity index (χ0) is 13.7. The normalized spacial score (nSPS) is 13.3. The Hall–Kier alpha value is -1.36. The molecule has 0 spiro atoms. The first-order chi connectivity index (χ1) is 9.20. The van der Waals surface area contributed by atoms with Crippen molar-refractivity contribution >= 4 is 28.7 Å². The molecule has 1 aromatic heterocycles. The number of anilines is 1. The molecule has 0 saturated carbocycles. The molecule has 1 aliphatic carbocycles. The van der Waals surface area contributed by atoms with Crippen LogP contribution < -0.4 is 4.90 Å². The molecule has 0 radical (unpaired) electrons. The second-order valence-corrected chi connectivity index (χ2v) is 6.01. The van der Waals surface area contributed by atoms with Crippen molar-refractivity contribution in [1.29, 1.82) is 0 Å². The zero-order valence-corrected chi connectivity index (χ0v) is 11.7. The molecule has 1 amide bonds. The summed E-state index contributed by atoms with van der Waals surface area (Å²) in [5.74, 6) is -0.748. The van der Waals surface area contributed by atoms with Crippen molar-refractivity contribution in [3.8, 4) is 0 Å². The Morgan fingerprint density at radius 2 is 2.21 bits per heavy atom. The number of unbranched alkanes of at least 4 members (excludes halogenated alkanes) is 2. The summed E-state index contributed by atoms with van der Waals surface area (Å²) in [7, 11) is 0. The number of hydrogen-bond acceptors (Lipinski definition) is 3. The van der Waals surface area contributed by atoms with Gasteiger partial charge in [0.2, 0.25) is 6.41 Å². The highest BCUT2D eigenvalue weighted by atomic mass is 32.1. The van der Waals surface area contributed by atoms with E-state index in [4.69, 9.17) is 5.11 Å². The second-order valence-electron chi connectivity index (χ2n) is 4.89. The lowest BCUT2D eigenvalue weighted by Gasteiger charge is -2.14. The van der Waals surface area contributed by atoms with Crippen LogP contribution >= 0.6 is 11.3 Å². The van der Waals surface area contributed by atoms with Crippen LogP contribution in [0.2, 0.25) is 0 Å². The SMILES string of the molecule is O=CN(CCCCCC(=O)O)c1cc2c(s1)CCC2. The molecule has 104 valence electrons. The predicted octanol–water partition coefficient (Wildman–Crippen LogP) is 2.84.